The Morgan fingerprint density at radius 1 is 1.12 bits per heavy atom. The van der Waals surface area contributed by atoms with Gasteiger partial charge in [0.1, 0.15) is 0 Å². The van der Waals surface area contributed by atoms with Gasteiger partial charge in [0.25, 0.3) is 0 Å². The predicted octanol–water partition coefficient (Wildman–Crippen LogP) is 7.18. The molecule has 3 rings (SSSR count). The predicted molar refractivity (Wildman–Crippen MR) is 133 cm³/mol. The van der Waals surface area contributed by atoms with Gasteiger partial charge in [-0.1, -0.05) is 74.3 Å². The molecule has 1 saturated heterocycles. The lowest BCUT2D eigenvalue weighted by Crippen LogP contribution is -2.58. The molecule has 5 heteroatoms. The van der Waals surface area contributed by atoms with Crippen molar-refractivity contribution in [3.05, 3.63) is 82.4 Å². The third-order valence-corrected chi connectivity index (χ3v) is 7.31. The molecule has 0 spiro atoms. The third-order valence-electron chi connectivity index (χ3n) is 6.82. The zero-order chi connectivity index (χ0) is 23.5. The Labute approximate surface area is 202 Å². The zero-order valence-corrected chi connectivity index (χ0v) is 20.6. The van der Waals surface area contributed by atoms with E-state index in [1.807, 2.05) is 74.2 Å². The van der Waals surface area contributed by atoms with Crippen LogP contribution in [-0.4, -0.2) is 28.1 Å². The van der Waals surface area contributed by atoms with E-state index in [0.717, 1.165) is 11.1 Å². The normalized spacial score (nSPS) is 25.4. The number of amides is 1. The molecule has 0 aromatic heterocycles. The molecule has 2 aromatic carbocycles. The molecule has 5 unspecified atom stereocenters. The molecule has 1 N–H and O–H groups in total. The second-order valence-corrected chi connectivity index (χ2v) is 9.95. The highest BCUT2D eigenvalue weighted by Crippen LogP contribution is 2.52. The van der Waals surface area contributed by atoms with Crippen molar-refractivity contribution in [2.24, 2.45) is 5.41 Å². The summed E-state index contributed by atoms with van der Waals surface area (Å²) in [5.74, 6) is 0.0746. The molecule has 0 aliphatic carbocycles. The number of aliphatic hydroxyl groups excluding tert-OH is 1. The molecule has 1 heterocycles. The van der Waals surface area contributed by atoms with Crippen LogP contribution in [0.2, 0.25) is 10.0 Å². The summed E-state index contributed by atoms with van der Waals surface area (Å²) < 4.78 is 0. The van der Waals surface area contributed by atoms with E-state index in [-0.39, 0.29) is 23.9 Å². The Kier molecular flexibility index (Phi) is 8.08. The van der Waals surface area contributed by atoms with E-state index >= 15 is 0 Å². The van der Waals surface area contributed by atoms with Crippen LogP contribution in [-0.2, 0) is 4.79 Å². The van der Waals surface area contributed by atoms with E-state index in [9.17, 15) is 9.90 Å². The molecule has 0 radical (unpaired) electrons. The Morgan fingerprint density at radius 2 is 1.81 bits per heavy atom. The molecule has 2 aromatic rings. The average Bonchev–Trinajstić information content (AvgIpc) is 2.77. The SMILES string of the molecule is C=CCC1(C)CC(c2cccc(Cl)c2)C(c2ccc(Cl)cc2)N(C(CC)C(O)CC)C1=O. The van der Waals surface area contributed by atoms with Gasteiger partial charge in [-0.15, -0.1) is 6.58 Å². The number of likely N-dealkylation sites (tertiary alicyclic amines) is 1. The number of benzene rings is 2. The molecule has 1 amide bonds. The van der Waals surface area contributed by atoms with Crippen LogP contribution in [0, 0.1) is 5.41 Å². The Bertz CT molecular complexity index is 945. The van der Waals surface area contributed by atoms with Gasteiger partial charge in [-0.3, -0.25) is 4.79 Å². The highest BCUT2D eigenvalue weighted by Gasteiger charge is 2.51. The first-order valence-corrected chi connectivity index (χ1v) is 12.1. The lowest BCUT2D eigenvalue weighted by molar-refractivity contribution is -0.158. The summed E-state index contributed by atoms with van der Waals surface area (Å²) in [4.78, 5) is 16.0. The van der Waals surface area contributed by atoms with Crippen LogP contribution < -0.4 is 0 Å². The molecule has 3 nitrogen and oxygen atoms in total. The fourth-order valence-electron chi connectivity index (χ4n) is 5.18. The van der Waals surface area contributed by atoms with Gasteiger partial charge >= 0.3 is 0 Å². The number of hydrogen-bond acceptors (Lipinski definition) is 2. The molecule has 5 atom stereocenters. The van der Waals surface area contributed by atoms with Crippen LogP contribution in [0.5, 0.6) is 0 Å². The minimum absolute atomic E-state index is 0.00984. The van der Waals surface area contributed by atoms with E-state index < -0.39 is 11.5 Å². The van der Waals surface area contributed by atoms with Crippen molar-refractivity contribution in [2.45, 2.75) is 70.6 Å². The summed E-state index contributed by atoms with van der Waals surface area (Å²) >= 11 is 12.6. The van der Waals surface area contributed by atoms with Crippen LogP contribution in [0.1, 0.15) is 69.5 Å². The Hall–Kier alpha value is -1.81. The molecular formula is C27H33Cl2NO2. The molecule has 172 valence electrons. The van der Waals surface area contributed by atoms with Crippen molar-refractivity contribution in [1.29, 1.82) is 0 Å². The highest BCUT2D eigenvalue weighted by atomic mass is 35.5. The molecular weight excluding hydrogens is 441 g/mol. The maximum Gasteiger partial charge on any atom is 0.229 e. The van der Waals surface area contributed by atoms with Crippen LogP contribution in [0.4, 0.5) is 0 Å². The topological polar surface area (TPSA) is 40.5 Å². The fraction of sp³-hybridized carbons (Fsp3) is 0.444. The number of halogens is 2. The van der Waals surface area contributed by atoms with Gasteiger partial charge < -0.3 is 10.0 Å². The Morgan fingerprint density at radius 3 is 2.38 bits per heavy atom. The van der Waals surface area contributed by atoms with Gasteiger partial charge in [0, 0.05) is 16.0 Å². The summed E-state index contributed by atoms with van der Waals surface area (Å²) in [7, 11) is 0. The Balaban J connectivity index is 2.25. The first-order chi connectivity index (χ1) is 15.3. The van der Waals surface area contributed by atoms with Gasteiger partial charge in [0.2, 0.25) is 5.91 Å². The number of rotatable bonds is 8. The van der Waals surface area contributed by atoms with Gasteiger partial charge in [0.15, 0.2) is 0 Å². The number of carbonyl (C=O) groups is 1. The fourth-order valence-corrected chi connectivity index (χ4v) is 5.50. The van der Waals surface area contributed by atoms with E-state index in [1.54, 1.807) is 0 Å². The number of hydrogen-bond donors (Lipinski definition) is 1. The third kappa shape index (κ3) is 4.90. The minimum atomic E-state index is -0.613. The van der Waals surface area contributed by atoms with Gasteiger partial charge in [0.05, 0.1) is 23.6 Å². The molecule has 1 aliphatic heterocycles. The van der Waals surface area contributed by atoms with Crippen molar-refractivity contribution in [3.8, 4) is 0 Å². The van der Waals surface area contributed by atoms with Gasteiger partial charge in [-0.05, 0) is 61.1 Å². The first kappa shape index (κ1) is 24.8. The average molecular weight is 474 g/mol. The van der Waals surface area contributed by atoms with Crippen molar-refractivity contribution in [1.82, 2.24) is 4.90 Å². The standard InChI is InChI=1S/C27H33Cl2NO2/c1-5-15-27(4)17-22(19-9-8-10-21(29)16-19)25(18-11-13-20(28)14-12-18)30(26(27)32)23(6-2)24(31)7-3/h5,8-14,16,22-25,31H,1,6-7,15,17H2,2-4H3. The molecule has 0 bridgehead atoms. The van der Waals surface area contributed by atoms with E-state index in [2.05, 4.69) is 12.6 Å². The smallest absolute Gasteiger partial charge is 0.229 e. The minimum Gasteiger partial charge on any atom is -0.391 e. The summed E-state index contributed by atoms with van der Waals surface area (Å²) in [6, 6.07) is 15.1. The van der Waals surface area contributed by atoms with E-state index in [4.69, 9.17) is 23.2 Å². The van der Waals surface area contributed by atoms with E-state index in [0.29, 0.717) is 35.7 Å². The number of aliphatic hydroxyl groups is 1. The number of allylic oxidation sites excluding steroid dienone is 1. The van der Waals surface area contributed by atoms with Crippen LogP contribution >= 0.6 is 23.2 Å². The number of piperidine rings is 1. The molecule has 1 fully saturated rings. The molecule has 1 aliphatic rings. The summed E-state index contributed by atoms with van der Waals surface area (Å²) in [5.41, 5.74) is 1.49. The first-order valence-electron chi connectivity index (χ1n) is 11.4. The maximum absolute atomic E-state index is 14.1. The summed E-state index contributed by atoms with van der Waals surface area (Å²) in [5, 5.41) is 12.3. The van der Waals surface area contributed by atoms with Crippen molar-refractivity contribution in [3.63, 3.8) is 0 Å². The van der Waals surface area contributed by atoms with Crippen molar-refractivity contribution < 1.29 is 9.90 Å². The molecule has 0 saturated carbocycles. The molecule has 32 heavy (non-hydrogen) atoms. The second kappa shape index (κ2) is 10.4. The quantitative estimate of drug-likeness (QED) is 0.412. The number of carbonyl (C=O) groups excluding carboxylic acids is 1. The van der Waals surface area contributed by atoms with Crippen molar-refractivity contribution >= 4 is 29.1 Å². The summed E-state index contributed by atoms with van der Waals surface area (Å²) in [6.07, 6.45) is 3.70. The van der Waals surface area contributed by atoms with Gasteiger partial charge in [-0.2, -0.15) is 0 Å². The largest absolute Gasteiger partial charge is 0.391 e. The van der Waals surface area contributed by atoms with Gasteiger partial charge in [-0.25, -0.2) is 0 Å². The highest BCUT2D eigenvalue weighted by molar-refractivity contribution is 6.30. The zero-order valence-electron chi connectivity index (χ0n) is 19.1. The summed E-state index contributed by atoms with van der Waals surface area (Å²) in [6.45, 7) is 9.92. The van der Waals surface area contributed by atoms with Crippen LogP contribution in [0.3, 0.4) is 0 Å². The van der Waals surface area contributed by atoms with E-state index in [1.165, 1.54) is 0 Å². The van der Waals surface area contributed by atoms with Crippen LogP contribution in [0.15, 0.2) is 61.2 Å². The number of nitrogens with zero attached hydrogens (tertiary/aromatic N) is 1. The maximum atomic E-state index is 14.1. The lowest BCUT2D eigenvalue weighted by Gasteiger charge is -2.52. The second-order valence-electron chi connectivity index (χ2n) is 9.08. The monoisotopic (exact) mass is 473 g/mol. The lowest BCUT2D eigenvalue weighted by atomic mass is 9.67. The van der Waals surface area contributed by atoms with Crippen LogP contribution in [0.25, 0.3) is 0 Å². The van der Waals surface area contributed by atoms with Crippen molar-refractivity contribution in [2.75, 3.05) is 0 Å².